The lowest BCUT2D eigenvalue weighted by molar-refractivity contribution is -0.145. The molecule has 1 aliphatic carbocycles. The summed E-state index contributed by atoms with van der Waals surface area (Å²) in [6.45, 7) is 0. The highest BCUT2D eigenvalue weighted by Gasteiger charge is 2.37. The summed E-state index contributed by atoms with van der Waals surface area (Å²) in [5.41, 5.74) is 0. The number of hydrogen-bond acceptors (Lipinski definition) is 3. The fourth-order valence-electron chi connectivity index (χ4n) is 1.84. The van der Waals surface area contributed by atoms with Gasteiger partial charge in [-0.2, -0.15) is 4.36 Å². The molecular formula is C9H15NO4S. The number of carboxylic acid groups (broad SMARTS) is 1. The Bertz CT molecular complexity index is 387. The second-order valence-electron chi connectivity index (χ2n) is 4.09. The molecule has 0 bridgehead atoms. The van der Waals surface area contributed by atoms with Crippen molar-refractivity contribution in [3.63, 3.8) is 0 Å². The summed E-state index contributed by atoms with van der Waals surface area (Å²) >= 11 is 0. The highest BCUT2D eigenvalue weighted by molar-refractivity contribution is 7.92. The first-order valence-corrected chi connectivity index (χ1v) is 7.08. The van der Waals surface area contributed by atoms with Crippen LogP contribution in [-0.2, 0) is 19.3 Å². The van der Waals surface area contributed by atoms with Crippen LogP contribution in [-0.4, -0.2) is 33.7 Å². The second kappa shape index (κ2) is 4.30. The first-order chi connectivity index (χ1) is 6.81. The molecular weight excluding hydrogens is 218 g/mol. The minimum atomic E-state index is -2.48. The number of carbonyl (C=O) groups excluding carboxylic acids is 1. The zero-order chi connectivity index (χ0) is 11.6. The molecule has 1 amide bonds. The molecule has 2 atom stereocenters. The highest BCUT2D eigenvalue weighted by atomic mass is 32.2. The predicted octanol–water partition coefficient (Wildman–Crippen LogP) is 0.742. The van der Waals surface area contributed by atoms with E-state index in [-0.39, 0.29) is 0 Å². The van der Waals surface area contributed by atoms with Gasteiger partial charge in [0.1, 0.15) is 0 Å². The minimum Gasteiger partial charge on any atom is -0.481 e. The van der Waals surface area contributed by atoms with E-state index in [1.807, 2.05) is 0 Å². The van der Waals surface area contributed by atoms with Gasteiger partial charge in [0.2, 0.25) is 0 Å². The van der Waals surface area contributed by atoms with Crippen LogP contribution in [0.5, 0.6) is 0 Å². The largest absolute Gasteiger partial charge is 0.481 e. The normalized spacial score (nSPS) is 26.3. The summed E-state index contributed by atoms with van der Waals surface area (Å²) in [6.07, 6.45) is 4.51. The molecule has 6 heteroatoms. The maximum absolute atomic E-state index is 11.6. The molecule has 86 valence electrons. The van der Waals surface area contributed by atoms with Gasteiger partial charge in [-0.05, 0) is 12.8 Å². The topological polar surface area (TPSA) is 83.8 Å². The summed E-state index contributed by atoms with van der Waals surface area (Å²) in [6, 6.07) is 0. The van der Waals surface area contributed by atoms with Crippen LogP contribution in [0.1, 0.15) is 19.3 Å². The van der Waals surface area contributed by atoms with E-state index in [1.54, 1.807) is 0 Å². The van der Waals surface area contributed by atoms with Gasteiger partial charge in [-0.1, -0.05) is 6.42 Å². The Morgan fingerprint density at radius 1 is 1.27 bits per heavy atom. The fourth-order valence-corrected chi connectivity index (χ4v) is 2.40. The van der Waals surface area contributed by atoms with Crippen LogP contribution >= 0.6 is 0 Å². The van der Waals surface area contributed by atoms with Gasteiger partial charge in [0, 0.05) is 22.2 Å². The molecule has 0 unspecified atom stereocenters. The fraction of sp³-hybridized carbons (Fsp3) is 0.778. The molecule has 1 N–H and O–H groups in total. The Hall–Kier alpha value is -0.910. The van der Waals surface area contributed by atoms with Crippen molar-refractivity contribution in [1.82, 2.24) is 0 Å². The summed E-state index contributed by atoms with van der Waals surface area (Å²) < 4.78 is 14.8. The van der Waals surface area contributed by atoms with Crippen molar-refractivity contribution in [3.05, 3.63) is 0 Å². The van der Waals surface area contributed by atoms with E-state index in [0.29, 0.717) is 12.8 Å². The van der Waals surface area contributed by atoms with E-state index in [4.69, 9.17) is 5.11 Å². The van der Waals surface area contributed by atoms with E-state index >= 15 is 0 Å². The van der Waals surface area contributed by atoms with Crippen LogP contribution in [0.4, 0.5) is 0 Å². The lowest BCUT2D eigenvalue weighted by Gasteiger charge is -2.11. The van der Waals surface area contributed by atoms with Gasteiger partial charge in [-0.25, -0.2) is 4.21 Å². The standard InChI is InChI=1S/C9H15NO4S/c1-15(2,14)10-8(11)6-4-3-5-7(6)9(12)13/h6-7H,3-5H2,1-2H3,(H,12,13)/t6-,7+/m1/s1. The average molecular weight is 233 g/mol. The molecule has 0 heterocycles. The third kappa shape index (κ3) is 3.30. The molecule has 1 saturated carbocycles. The molecule has 0 aliphatic heterocycles. The monoisotopic (exact) mass is 233 g/mol. The van der Waals surface area contributed by atoms with Crippen molar-refractivity contribution in [2.45, 2.75) is 19.3 Å². The Morgan fingerprint density at radius 3 is 2.27 bits per heavy atom. The number of rotatable bonds is 2. The summed E-state index contributed by atoms with van der Waals surface area (Å²) in [5, 5.41) is 8.87. The highest BCUT2D eigenvalue weighted by Crippen LogP contribution is 2.33. The SMILES string of the molecule is CS(C)(=O)=NC(=O)[C@@H]1CCC[C@@H]1C(=O)O. The van der Waals surface area contributed by atoms with Gasteiger partial charge in [0.05, 0.1) is 11.8 Å². The number of aliphatic carboxylic acids is 1. The number of nitrogens with zero attached hydrogens (tertiary/aromatic N) is 1. The van der Waals surface area contributed by atoms with Gasteiger partial charge in [0.15, 0.2) is 0 Å². The quantitative estimate of drug-likeness (QED) is 0.762. The van der Waals surface area contributed by atoms with E-state index in [9.17, 15) is 13.8 Å². The van der Waals surface area contributed by atoms with E-state index in [0.717, 1.165) is 6.42 Å². The molecule has 0 spiro atoms. The zero-order valence-electron chi connectivity index (χ0n) is 8.80. The summed E-state index contributed by atoms with van der Waals surface area (Å²) in [5.74, 6) is -2.71. The smallest absolute Gasteiger partial charge is 0.307 e. The molecule has 5 nitrogen and oxygen atoms in total. The molecule has 1 aliphatic rings. The molecule has 15 heavy (non-hydrogen) atoms. The number of hydrogen-bond donors (Lipinski definition) is 1. The third-order valence-corrected chi connectivity index (χ3v) is 3.08. The van der Waals surface area contributed by atoms with Crippen molar-refractivity contribution < 1.29 is 18.9 Å². The van der Waals surface area contributed by atoms with Crippen LogP contribution < -0.4 is 0 Å². The van der Waals surface area contributed by atoms with E-state index < -0.39 is 33.4 Å². The van der Waals surface area contributed by atoms with Crippen molar-refractivity contribution in [2.24, 2.45) is 16.2 Å². The maximum atomic E-state index is 11.6. The first-order valence-electron chi connectivity index (χ1n) is 4.75. The minimum absolute atomic E-state index is 0.510. The third-order valence-electron chi connectivity index (χ3n) is 2.46. The Morgan fingerprint density at radius 2 is 1.80 bits per heavy atom. The number of carbonyl (C=O) groups is 2. The molecule has 1 fully saturated rings. The van der Waals surface area contributed by atoms with Crippen LogP contribution in [0, 0.1) is 11.8 Å². The van der Waals surface area contributed by atoms with Gasteiger partial charge < -0.3 is 5.11 Å². The van der Waals surface area contributed by atoms with Crippen molar-refractivity contribution in [2.75, 3.05) is 12.5 Å². The van der Waals surface area contributed by atoms with Gasteiger partial charge >= 0.3 is 5.97 Å². The van der Waals surface area contributed by atoms with Crippen molar-refractivity contribution >= 4 is 21.6 Å². The lowest BCUT2D eigenvalue weighted by atomic mass is 9.96. The van der Waals surface area contributed by atoms with E-state index in [2.05, 4.69) is 4.36 Å². The molecule has 0 aromatic heterocycles. The summed E-state index contributed by atoms with van der Waals surface area (Å²) in [4.78, 5) is 22.4. The summed E-state index contributed by atoms with van der Waals surface area (Å²) in [7, 11) is -2.48. The van der Waals surface area contributed by atoms with E-state index in [1.165, 1.54) is 12.5 Å². The Kier molecular flexibility index (Phi) is 3.49. The molecule has 0 aromatic rings. The van der Waals surface area contributed by atoms with Gasteiger partial charge in [-0.3, -0.25) is 9.59 Å². The zero-order valence-corrected chi connectivity index (χ0v) is 9.62. The predicted molar refractivity (Wildman–Crippen MR) is 55.9 cm³/mol. The Labute approximate surface area is 89.0 Å². The maximum Gasteiger partial charge on any atom is 0.307 e. The Balaban J connectivity index is 2.85. The van der Waals surface area contributed by atoms with Crippen LogP contribution in [0.15, 0.2) is 4.36 Å². The van der Waals surface area contributed by atoms with Crippen molar-refractivity contribution in [1.29, 1.82) is 0 Å². The average Bonchev–Trinajstić information content (AvgIpc) is 2.47. The van der Waals surface area contributed by atoms with Gasteiger partial charge in [-0.15, -0.1) is 0 Å². The first kappa shape index (κ1) is 12.2. The van der Waals surface area contributed by atoms with Crippen molar-refractivity contribution in [3.8, 4) is 0 Å². The number of amides is 1. The van der Waals surface area contributed by atoms with Crippen LogP contribution in [0.25, 0.3) is 0 Å². The van der Waals surface area contributed by atoms with Crippen LogP contribution in [0.3, 0.4) is 0 Å². The molecule has 0 saturated heterocycles. The molecule has 0 radical (unpaired) electrons. The number of carboxylic acids is 1. The molecule has 0 aromatic carbocycles. The lowest BCUT2D eigenvalue weighted by Crippen LogP contribution is -2.24. The van der Waals surface area contributed by atoms with Gasteiger partial charge in [0.25, 0.3) is 5.91 Å². The van der Waals surface area contributed by atoms with Crippen LogP contribution in [0.2, 0.25) is 0 Å². The second-order valence-corrected chi connectivity index (χ2v) is 6.64. The molecule has 1 rings (SSSR count).